The van der Waals surface area contributed by atoms with Crippen molar-refractivity contribution in [3.05, 3.63) is 12.7 Å². The van der Waals surface area contributed by atoms with Gasteiger partial charge in [0.15, 0.2) is 0 Å². The average molecular weight is 157 g/mol. The van der Waals surface area contributed by atoms with E-state index < -0.39 is 12.2 Å². The maximum Gasteiger partial charge on any atom is 0.243 e. The zero-order valence-electron chi connectivity index (χ0n) is 6.40. The van der Waals surface area contributed by atoms with Crippen molar-refractivity contribution < 1.29 is 9.18 Å². The minimum Gasteiger partial charge on any atom is -0.344 e. The molecule has 2 nitrogen and oxygen atoms in total. The van der Waals surface area contributed by atoms with Crippen molar-refractivity contribution in [2.75, 3.05) is 6.67 Å². The van der Waals surface area contributed by atoms with Crippen LogP contribution in [0.2, 0.25) is 0 Å². The third kappa shape index (κ3) is 1.59. The number of nitrogens with one attached hydrogen (secondary N) is 1. The molecule has 0 spiro atoms. The van der Waals surface area contributed by atoms with E-state index in [4.69, 9.17) is 0 Å². The van der Waals surface area contributed by atoms with E-state index in [1.807, 2.05) is 0 Å². The highest BCUT2D eigenvalue weighted by atomic mass is 19.1. The van der Waals surface area contributed by atoms with Crippen LogP contribution in [0.1, 0.15) is 19.3 Å². The quantitative estimate of drug-likeness (QED) is 0.612. The Morgan fingerprint density at radius 3 is 2.64 bits per heavy atom. The van der Waals surface area contributed by atoms with E-state index in [-0.39, 0.29) is 5.91 Å². The monoisotopic (exact) mass is 157 g/mol. The Bertz CT molecular complexity index is 169. The predicted molar refractivity (Wildman–Crippen MR) is 40.9 cm³/mol. The fraction of sp³-hybridized carbons (Fsp3) is 0.625. The van der Waals surface area contributed by atoms with Crippen LogP contribution >= 0.6 is 0 Å². The lowest BCUT2D eigenvalue weighted by Gasteiger charge is -2.39. The first kappa shape index (κ1) is 8.24. The maximum atomic E-state index is 12.3. The third-order valence-corrected chi connectivity index (χ3v) is 2.14. The van der Waals surface area contributed by atoms with Gasteiger partial charge in [-0.3, -0.25) is 4.79 Å². The molecule has 0 bridgehead atoms. The van der Waals surface area contributed by atoms with Gasteiger partial charge < -0.3 is 5.32 Å². The van der Waals surface area contributed by atoms with Crippen molar-refractivity contribution in [3.63, 3.8) is 0 Å². The van der Waals surface area contributed by atoms with Gasteiger partial charge in [-0.25, -0.2) is 4.39 Å². The molecule has 3 heteroatoms. The van der Waals surface area contributed by atoms with E-state index >= 15 is 0 Å². The number of rotatable bonds is 3. The van der Waals surface area contributed by atoms with Crippen LogP contribution in [0.3, 0.4) is 0 Å². The summed E-state index contributed by atoms with van der Waals surface area (Å²) in [6.45, 7) is 2.84. The molecule has 0 atom stereocenters. The van der Waals surface area contributed by atoms with E-state index in [9.17, 15) is 9.18 Å². The van der Waals surface area contributed by atoms with Crippen LogP contribution in [0.4, 0.5) is 4.39 Å². The number of hydrogen-bond donors (Lipinski definition) is 1. The maximum absolute atomic E-state index is 12.3. The van der Waals surface area contributed by atoms with E-state index in [2.05, 4.69) is 11.9 Å². The van der Waals surface area contributed by atoms with Gasteiger partial charge in [0.05, 0.1) is 5.54 Å². The highest BCUT2D eigenvalue weighted by Gasteiger charge is 2.37. The molecule has 0 radical (unpaired) electrons. The van der Waals surface area contributed by atoms with Crippen LogP contribution in [0.5, 0.6) is 0 Å². The lowest BCUT2D eigenvalue weighted by molar-refractivity contribution is -0.119. The van der Waals surface area contributed by atoms with E-state index in [0.29, 0.717) is 0 Å². The molecule has 62 valence electrons. The highest BCUT2D eigenvalue weighted by Crippen LogP contribution is 2.31. The molecule has 1 aliphatic rings. The summed E-state index contributed by atoms with van der Waals surface area (Å²) in [7, 11) is 0. The standard InChI is InChI=1S/C8H12FNO/c1-2-7(11)10-8(6-9)4-3-5-8/h2H,1,3-6H2,(H,10,11). The lowest BCUT2D eigenvalue weighted by Crippen LogP contribution is -2.54. The number of amides is 1. The van der Waals surface area contributed by atoms with Crippen LogP contribution in [0.25, 0.3) is 0 Å². The van der Waals surface area contributed by atoms with Crippen molar-refractivity contribution in [1.82, 2.24) is 5.32 Å². The summed E-state index contributed by atoms with van der Waals surface area (Å²) >= 11 is 0. The number of carbonyl (C=O) groups is 1. The molecule has 1 rings (SSSR count). The minimum absolute atomic E-state index is 0.276. The third-order valence-electron chi connectivity index (χ3n) is 2.14. The molecule has 0 unspecified atom stereocenters. The second kappa shape index (κ2) is 3.03. The van der Waals surface area contributed by atoms with Gasteiger partial charge >= 0.3 is 0 Å². The SMILES string of the molecule is C=CC(=O)NC1(CF)CCC1. The molecule has 0 aromatic carbocycles. The molecule has 0 aliphatic heterocycles. The molecular weight excluding hydrogens is 145 g/mol. The topological polar surface area (TPSA) is 29.1 Å². The Labute approximate surface area is 65.5 Å². The molecule has 1 fully saturated rings. The smallest absolute Gasteiger partial charge is 0.243 e. The Balaban J connectivity index is 2.44. The van der Waals surface area contributed by atoms with Gasteiger partial charge in [-0.2, -0.15) is 0 Å². The van der Waals surface area contributed by atoms with Crippen molar-refractivity contribution >= 4 is 5.91 Å². The largest absolute Gasteiger partial charge is 0.344 e. The summed E-state index contributed by atoms with van der Waals surface area (Å²) in [6.07, 6.45) is 3.68. The van der Waals surface area contributed by atoms with E-state index in [0.717, 1.165) is 19.3 Å². The molecule has 0 heterocycles. The van der Waals surface area contributed by atoms with Gasteiger partial charge in [0.25, 0.3) is 0 Å². The highest BCUT2D eigenvalue weighted by molar-refractivity contribution is 5.87. The summed E-state index contributed by atoms with van der Waals surface area (Å²) in [5, 5.41) is 2.60. The zero-order chi connectivity index (χ0) is 8.32. The summed E-state index contributed by atoms with van der Waals surface area (Å²) < 4.78 is 12.3. The molecule has 1 aliphatic carbocycles. The van der Waals surface area contributed by atoms with E-state index in [1.165, 1.54) is 6.08 Å². The number of alkyl halides is 1. The van der Waals surface area contributed by atoms with Gasteiger partial charge in [0.2, 0.25) is 5.91 Å². The van der Waals surface area contributed by atoms with Crippen molar-refractivity contribution in [1.29, 1.82) is 0 Å². The summed E-state index contributed by atoms with van der Waals surface area (Å²) in [5.41, 5.74) is -0.550. The number of carbonyl (C=O) groups excluding carboxylic acids is 1. The number of halogens is 1. The van der Waals surface area contributed by atoms with Crippen LogP contribution in [0, 0.1) is 0 Å². The zero-order valence-corrected chi connectivity index (χ0v) is 6.40. The average Bonchev–Trinajstić information content (AvgIpc) is 1.96. The minimum atomic E-state index is -0.550. The number of hydrogen-bond acceptors (Lipinski definition) is 1. The Morgan fingerprint density at radius 1 is 1.73 bits per heavy atom. The molecule has 0 aromatic heterocycles. The van der Waals surface area contributed by atoms with Gasteiger partial charge in [-0.15, -0.1) is 0 Å². The summed E-state index contributed by atoms with van der Waals surface area (Å²) in [6, 6.07) is 0. The first-order chi connectivity index (χ1) is 5.22. The lowest BCUT2D eigenvalue weighted by atomic mass is 9.78. The first-order valence-electron chi connectivity index (χ1n) is 3.73. The normalized spacial score (nSPS) is 20.1. The molecule has 1 N–H and O–H groups in total. The summed E-state index contributed by atoms with van der Waals surface area (Å²) in [4.78, 5) is 10.8. The van der Waals surface area contributed by atoms with Gasteiger partial charge in [-0.1, -0.05) is 6.58 Å². The molecular formula is C8H12FNO. The van der Waals surface area contributed by atoms with Crippen molar-refractivity contribution in [2.45, 2.75) is 24.8 Å². The Kier molecular flexibility index (Phi) is 2.27. The molecule has 11 heavy (non-hydrogen) atoms. The second-order valence-electron chi connectivity index (χ2n) is 2.96. The second-order valence-corrected chi connectivity index (χ2v) is 2.96. The van der Waals surface area contributed by atoms with E-state index in [1.54, 1.807) is 0 Å². The molecule has 1 amide bonds. The molecule has 1 saturated carbocycles. The molecule has 0 saturated heterocycles. The van der Waals surface area contributed by atoms with Crippen LogP contribution in [-0.4, -0.2) is 18.1 Å². The Morgan fingerprint density at radius 2 is 2.36 bits per heavy atom. The predicted octanol–water partition coefficient (Wildman–Crippen LogP) is 1.18. The van der Waals surface area contributed by atoms with Crippen molar-refractivity contribution in [2.24, 2.45) is 0 Å². The van der Waals surface area contributed by atoms with Crippen LogP contribution in [0.15, 0.2) is 12.7 Å². The first-order valence-corrected chi connectivity index (χ1v) is 3.73. The van der Waals surface area contributed by atoms with Crippen LogP contribution < -0.4 is 5.32 Å². The fourth-order valence-electron chi connectivity index (χ4n) is 1.21. The summed E-state index contributed by atoms with van der Waals surface area (Å²) in [5.74, 6) is -0.276. The fourth-order valence-corrected chi connectivity index (χ4v) is 1.21. The van der Waals surface area contributed by atoms with Gasteiger partial charge in [0, 0.05) is 0 Å². The van der Waals surface area contributed by atoms with Gasteiger partial charge in [-0.05, 0) is 25.3 Å². The Hall–Kier alpha value is -0.860. The molecule has 0 aromatic rings. The van der Waals surface area contributed by atoms with Crippen LogP contribution in [-0.2, 0) is 4.79 Å². The van der Waals surface area contributed by atoms with Gasteiger partial charge in [0.1, 0.15) is 6.67 Å². The van der Waals surface area contributed by atoms with Crippen molar-refractivity contribution in [3.8, 4) is 0 Å².